The highest BCUT2D eigenvalue weighted by Crippen LogP contribution is 2.16. The van der Waals surface area contributed by atoms with E-state index in [1.54, 1.807) is 23.1 Å². The van der Waals surface area contributed by atoms with Crippen LogP contribution in [-0.4, -0.2) is 20.5 Å². The second kappa shape index (κ2) is 3.65. The van der Waals surface area contributed by atoms with Crippen LogP contribution in [0.1, 0.15) is 17.4 Å². The lowest BCUT2D eigenvalue weighted by Crippen LogP contribution is -1.98. The van der Waals surface area contributed by atoms with Gasteiger partial charge in [-0.2, -0.15) is 5.10 Å². The highest BCUT2D eigenvalue weighted by Gasteiger charge is 2.04. The molecule has 0 aliphatic heterocycles. The highest BCUT2D eigenvalue weighted by atomic mass is 16.1. The molecule has 15 heavy (non-hydrogen) atoms. The van der Waals surface area contributed by atoms with E-state index in [9.17, 15) is 4.79 Å². The molecule has 0 aromatic carbocycles. The number of pyridine rings is 1. The van der Waals surface area contributed by atoms with Gasteiger partial charge in [0.05, 0.1) is 5.69 Å². The molecule has 2 heterocycles. The van der Waals surface area contributed by atoms with Crippen LogP contribution in [0.4, 0.5) is 0 Å². The number of aryl methyl sites for hydroxylation is 1. The Morgan fingerprint density at radius 2 is 2.13 bits per heavy atom. The van der Waals surface area contributed by atoms with Crippen molar-refractivity contribution >= 4 is 5.78 Å². The first-order valence-electron chi connectivity index (χ1n) is 4.64. The van der Waals surface area contributed by atoms with Gasteiger partial charge in [0.25, 0.3) is 0 Å². The van der Waals surface area contributed by atoms with Gasteiger partial charge in [0.2, 0.25) is 0 Å². The van der Waals surface area contributed by atoms with Crippen LogP contribution in [0.25, 0.3) is 11.3 Å². The normalized spacial score (nSPS) is 10.3. The van der Waals surface area contributed by atoms with Gasteiger partial charge in [-0.05, 0) is 18.2 Å². The highest BCUT2D eigenvalue weighted by molar-refractivity contribution is 5.92. The summed E-state index contributed by atoms with van der Waals surface area (Å²) in [7, 11) is 1.87. The van der Waals surface area contributed by atoms with Crippen molar-refractivity contribution in [2.45, 2.75) is 6.92 Å². The minimum atomic E-state index is -0.0217. The van der Waals surface area contributed by atoms with E-state index in [-0.39, 0.29) is 5.78 Å². The Morgan fingerprint density at radius 1 is 1.33 bits per heavy atom. The van der Waals surface area contributed by atoms with Gasteiger partial charge in [-0.3, -0.25) is 14.5 Å². The molecule has 0 fully saturated rings. The zero-order valence-electron chi connectivity index (χ0n) is 8.64. The van der Waals surface area contributed by atoms with Crippen LogP contribution in [0, 0.1) is 0 Å². The molecular weight excluding hydrogens is 190 g/mol. The van der Waals surface area contributed by atoms with Crippen molar-refractivity contribution in [1.82, 2.24) is 14.8 Å². The molecule has 4 nitrogen and oxygen atoms in total. The molecular formula is C11H11N3O. The van der Waals surface area contributed by atoms with E-state index in [0.717, 1.165) is 11.3 Å². The number of hydrogen-bond donors (Lipinski definition) is 0. The lowest BCUT2D eigenvalue weighted by atomic mass is 10.2. The van der Waals surface area contributed by atoms with Crippen LogP contribution < -0.4 is 0 Å². The smallest absolute Gasteiger partial charge is 0.178 e. The van der Waals surface area contributed by atoms with Crippen molar-refractivity contribution in [3.05, 3.63) is 36.3 Å². The van der Waals surface area contributed by atoms with Crippen LogP contribution in [0.5, 0.6) is 0 Å². The fourth-order valence-corrected chi connectivity index (χ4v) is 1.41. The monoisotopic (exact) mass is 201 g/mol. The number of rotatable bonds is 2. The molecule has 0 bridgehead atoms. The zero-order chi connectivity index (χ0) is 10.8. The molecule has 0 atom stereocenters. The molecule has 2 rings (SSSR count). The van der Waals surface area contributed by atoms with Crippen LogP contribution >= 0.6 is 0 Å². The molecule has 0 spiro atoms. The molecule has 0 aliphatic rings. The van der Waals surface area contributed by atoms with Crippen LogP contribution in [0.3, 0.4) is 0 Å². The molecule has 76 valence electrons. The van der Waals surface area contributed by atoms with Gasteiger partial charge in [-0.25, -0.2) is 0 Å². The van der Waals surface area contributed by atoms with Crippen LogP contribution in [-0.2, 0) is 7.05 Å². The maximum atomic E-state index is 11.0. The molecule has 2 aromatic rings. The van der Waals surface area contributed by atoms with Gasteiger partial charge >= 0.3 is 0 Å². The minimum Gasteiger partial charge on any atom is -0.293 e. The summed E-state index contributed by atoms with van der Waals surface area (Å²) in [6, 6.07) is 5.51. The molecule has 2 aromatic heterocycles. The Labute approximate surface area is 87.6 Å². The quantitative estimate of drug-likeness (QED) is 0.694. The number of ketones is 1. The third-order valence-electron chi connectivity index (χ3n) is 2.24. The Bertz CT molecular complexity index is 485. The fourth-order valence-electron chi connectivity index (χ4n) is 1.41. The van der Waals surface area contributed by atoms with Crippen molar-refractivity contribution in [2.24, 2.45) is 7.05 Å². The third-order valence-corrected chi connectivity index (χ3v) is 2.24. The number of aromatic nitrogens is 3. The molecule has 0 radical (unpaired) electrons. The predicted octanol–water partition coefficient (Wildman–Crippen LogP) is 1.68. The van der Waals surface area contributed by atoms with E-state index in [4.69, 9.17) is 0 Å². The summed E-state index contributed by atoms with van der Waals surface area (Å²) < 4.78 is 1.77. The van der Waals surface area contributed by atoms with E-state index in [0.29, 0.717) is 5.69 Å². The third kappa shape index (κ3) is 1.79. The van der Waals surface area contributed by atoms with Crippen molar-refractivity contribution < 1.29 is 4.79 Å². The summed E-state index contributed by atoms with van der Waals surface area (Å²) in [6.45, 7) is 1.51. The second-order valence-corrected chi connectivity index (χ2v) is 3.33. The Hall–Kier alpha value is -1.97. The summed E-state index contributed by atoms with van der Waals surface area (Å²) in [4.78, 5) is 15.1. The first-order valence-corrected chi connectivity index (χ1v) is 4.64. The topological polar surface area (TPSA) is 47.8 Å². The largest absolute Gasteiger partial charge is 0.293 e. The van der Waals surface area contributed by atoms with E-state index in [2.05, 4.69) is 10.1 Å². The Balaban J connectivity index is 2.40. The molecule has 4 heteroatoms. The second-order valence-electron chi connectivity index (χ2n) is 3.33. The standard InChI is InChI=1S/C11H11N3O/c1-8(15)10-4-3-9(7-12-10)11-5-6-13-14(11)2/h3-7H,1-2H3. The molecule has 0 aliphatic carbocycles. The minimum absolute atomic E-state index is 0.0217. The first kappa shape index (κ1) is 9.58. The maximum absolute atomic E-state index is 11.0. The Kier molecular flexibility index (Phi) is 2.33. The van der Waals surface area contributed by atoms with Gasteiger partial charge in [0.15, 0.2) is 5.78 Å². The predicted molar refractivity (Wildman–Crippen MR) is 56.4 cm³/mol. The van der Waals surface area contributed by atoms with E-state index < -0.39 is 0 Å². The average Bonchev–Trinajstić information content (AvgIpc) is 2.65. The summed E-state index contributed by atoms with van der Waals surface area (Å²) >= 11 is 0. The van der Waals surface area contributed by atoms with Crippen molar-refractivity contribution in [3.63, 3.8) is 0 Å². The number of Topliss-reactive ketones (excluding diaryl/α,β-unsaturated/α-hetero) is 1. The zero-order valence-corrected chi connectivity index (χ0v) is 8.64. The molecule has 0 amide bonds. The average molecular weight is 201 g/mol. The van der Waals surface area contributed by atoms with Crippen LogP contribution in [0.15, 0.2) is 30.6 Å². The Morgan fingerprint density at radius 3 is 2.60 bits per heavy atom. The van der Waals surface area contributed by atoms with E-state index >= 15 is 0 Å². The summed E-state index contributed by atoms with van der Waals surface area (Å²) in [6.07, 6.45) is 3.42. The number of carbonyl (C=O) groups is 1. The van der Waals surface area contributed by atoms with E-state index in [1.807, 2.05) is 19.2 Å². The van der Waals surface area contributed by atoms with Gasteiger partial charge in [0.1, 0.15) is 5.69 Å². The fraction of sp³-hybridized carbons (Fsp3) is 0.182. The summed E-state index contributed by atoms with van der Waals surface area (Å²) in [5, 5.41) is 4.07. The molecule has 0 N–H and O–H groups in total. The van der Waals surface area contributed by atoms with Crippen molar-refractivity contribution in [2.75, 3.05) is 0 Å². The number of nitrogens with zero attached hydrogens (tertiary/aromatic N) is 3. The lowest BCUT2D eigenvalue weighted by Gasteiger charge is -2.01. The number of carbonyl (C=O) groups excluding carboxylic acids is 1. The van der Waals surface area contributed by atoms with Crippen LogP contribution in [0.2, 0.25) is 0 Å². The van der Waals surface area contributed by atoms with Crippen molar-refractivity contribution in [3.8, 4) is 11.3 Å². The van der Waals surface area contributed by atoms with Gasteiger partial charge in [0, 0.05) is 31.9 Å². The molecule has 0 unspecified atom stereocenters. The number of hydrogen-bond acceptors (Lipinski definition) is 3. The van der Waals surface area contributed by atoms with Crippen molar-refractivity contribution in [1.29, 1.82) is 0 Å². The molecule has 0 saturated heterocycles. The first-order chi connectivity index (χ1) is 7.18. The van der Waals surface area contributed by atoms with Gasteiger partial charge in [-0.1, -0.05) is 0 Å². The summed E-state index contributed by atoms with van der Waals surface area (Å²) in [5.41, 5.74) is 2.43. The summed E-state index contributed by atoms with van der Waals surface area (Å²) in [5.74, 6) is -0.0217. The van der Waals surface area contributed by atoms with Gasteiger partial charge in [-0.15, -0.1) is 0 Å². The SMILES string of the molecule is CC(=O)c1ccc(-c2ccnn2C)cn1. The lowest BCUT2D eigenvalue weighted by molar-refractivity contribution is 0.101. The van der Waals surface area contributed by atoms with E-state index in [1.165, 1.54) is 6.92 Å². The van der Waals surface area contributed by atoms with Gasteiger partial charge < -0.3 is 0 Å². The molecule has 0 saturated carbocycles. The maximum Gasteiger partial charge on any atom is 0.178 e.